The normalized spacial score (nSPS) is 11.5. The van der Waals surface area contributed by atoms with Crippen LogP contribution in [0.25, 0.3) is 11.0 Å². The molecular weight excluding hydrogens is 452 g/mol. The molecule has 3 aromatic carbocycles. The van der Waals surface area contributed by atoms with Crippen LogP contribution in [0.4, 0.5) is 11.4 Å². The first kappa shape index (κ1) is 21.7. The van der Waals surface area contributed by atoms with Gasteiger partial charge in [0.25, 0.3) is 15.9 Å². The molecule has 1 amide bonds. The fourth-order valence-corrected chi connectivity index (χ4v) is 4.71. The van der Waals surface area contributed by atoms with Gasteiger partial charge in [0.1, 0.15) is 0 Å². The van der Waals surface area contributed by atoms with E-state index in [0.29, 0.717) is 11.2 Å². The fourth-order valence-electron chi connectivity index (χ4n) is 3.33. The largest absolute Gasteiger partial charge is 0.328 e. The minimum absolute atomic E-state index is 0.0815. The number of halogens is 1. The number of rotatable bonds is 5. The quantitative estimate of drug-likeness (QED) is 0.465. The maximum absolute atomic E-state index is 12.7. The summed E-state index contributed by atoms with van der Waals surface area (Å²) in [6, 6.07) is 17.3. The maximum Gasteiger partial charge on any atom is 0.328 e. The van der Waals surface area contributed by atoms with E-state index in [0.717, 1.165) is 5.52 Å². The number of aromatic nitrogens is 2. The van der Waals surface area contributed by atoms with Crippen molar-refractivity contribution in [2.24, 2.45) is 14.1 Å². The minimum Gasteiger partial charge on any atom is -0.322 e. The summed E-state index contributed by atoms with van der Waals surface area (Å²) in [5.41, 5.74) is 2.18. The Morgan fingerprint density at radius 2 is 1.59 bits per heavy atom. The van der Waals surface area contributed by atoms with Gasteiger partial charge in [0.05, 0.1) is 26.6 Å². The molecule has 0 saturated carbocycles. The highest BCUT2D eigenvalue weighted by Gasteiger charge is 2.17. The third kappa shape index (κ3) is 4.00. The number of nitrogens with zero attached hydrogens (tertiary/aromatic N) is 2. The molecule has 0 saturated heterocycles. The van der Waals surface area contributed by atoms with Crippen molar-refractivity contribution < 1.29 is 13.2 Å². The smallest absolute Gasteiger partial charge is 0.322 e. The summed E-state index contributed by atoms with van der Waals surface area (Å²) >= 11 is 6.24. The molecule has 0 radical (unpaired) electrons. The van der Waals surface area contributed by atoms with E-state index in [1.54, 1.807) is 50.5 Å². The number of carbonyl (C=O) groups excluding carboxylic acids is 1. The van der Waals surface area contributed by atoms with Crippen molar-refractivity contribution in [2.75, 3.05) is 10.0 Å². The van der Waals surface area contributed by atoms with Crippen LogP contribution in [0, 0.1) is 0 Å². The number of benzene rings is 3. The van der Waals surface area contributed by atoms with E-state index in [9.17, 15) is 18.0 Å². The number of imidazole rings is 1. The van der Waals surface area contributed by atoms with E-state index < -0.39 is 15.9 Å². The Kier molecular flexibility index (Phi) is 5.53. The number of amides is 1. The molecule has 1 heterocycles. The predicted octanol–water partition coefficient (Wildman–Crippen LogP) is 3.58. The van der Waals surface area contributed by atoms with Crippen LogP contribution < -0.4 is 15.7 Å². The summed E-state index contributed by atoms with van der Waals surface area (Å²) in [6.45, 7) is 0. The number of aryl methyl sites for hydroxylation is 2. The van der Waals surface area contributed by atoms with Gasteiger partial charge < -0.3 is 5.32 Å². The number of hydrogen-bond acceptors (Lipinski definition) is 4. The first-order valence-electron chi connectivity index (χ1n) is 9.51. The lowest BCUT2D eigenvalue weighted by Gasteiger charge is -2.11. The molecule has 0 fully saturated rings. The molecule has 2 N–H and O–H groups in total. The van der Waals surface area contributed by atoms with E-state index >= 15 is 0 Å². The second-order valence-corrected chi connectivity index (χ2v) is 9.26. The summed E-state index contributed by atoms with van der Waals surface area (Å²) in [5, 5.41) is 2.85. The SMILES string of the molecule is Cn1c(=O)n(C)c2cc(NC(=O)c3ccc(NS(=O)(=O)c4ccccc4)c(Cl)c3)ccc21. The van der Waals surface area contributed by atoms with E-state index in [1.807, 2.05) is 0 Å². The lowest BCUT2D eigenvalue weighted by Crippen LogP contribution is -2.19. The Bertz CT molecular complexity index is 1510. The van der Waals surface area contributed by atoms with Crippen molar-refractivity contribution in [1.82, 2.24) is 9.13 Å². The van der Waals surface area contributed by atoms with Gasteiger partial charge in [-0.25, -0.2) is 13.2 Å². The molecular formula is C22H19ClN4O4S. The van der Waals surface area contributed by atoms with Crippen molar-refractivity contribution >= 4 is 49.9 Å². The van der Waals surface area contributed by atoms with Crippen molar-refractivity contribution in [2.45, 2.75) is 4.90 Å². The van der Waals surface area contributed by atoms with Crippen molar-refractivity contribution in [1.29, 1.82) is 0 Å². The van der Waals surface area contributed by atoms with Gasteiger partial charge in [-0.2, -0.15) is 0 Å². The highest BCUT2D eigenvalue weighted by molar-refractivity contribution is 7.92. The zero-order valence-corrected chi connectivity index (χ0v) is 18.7. The average molecular weight is 471 g/mol. The first-order chi connectivity index (χ1) is 15.2. The average Bonchev–Trinajstić information content (AvgIpc) is 2.99. The van der Waals surface area contributed by atoms with Gasteiger partial charge in [0.15, 0.2) is 0 Å². The van der Waals surface area contributed by atoms with Crippen molar-refractivity contribution in [3.63, 3.8) is 0 Å². The number of carbonyl (C=O) groups is 1. The van der Waals surface area contributed by atoms with Crippen molar-refractivity contribution in [3.8, 4) is 0 Å². The molecule has 0 aliphatic carbocycles. The summed E-state index contributed by atoms with van der Waals surface area (Å²) in [6.07, 6.45) is 0. The van der Waals surface area contributed by atoms with Crippen LogP contribution in [-0.2, 0) is 24.1 Å². The highest BCUT2D eigenvalue weighted by atomic mass is 35.5. The molecule has 164 valence electrons. The fraction of sp³-hybridized carbons (Fsp3) is 0.0909. The third-order valence-electron chi connectivity index (χ3n) is 5.06. The van der Waals surface area contributed by atoms with Gasteiger partial charge in [0, 0.05) is 25.3 Å². The van der Waals surface area contributed by atoms with Crippen LogP contribution in [0.3, 0.4) is 0 Å². The molecule has 0 unspecified atom stereocenters. The van der Waals surface area contributed by atoms with E-state index in [2.05, 4.69) is 10.0 Å². The Morgan fingerprint density at radius 3 is 2.28 bits per heavy atom. The number of sulfonamides is 1. The van der Waals surface area contributed by atoms with Crippen LogP contribution >= 0.6 is 11.6 Å². The lowest BCUT2D eigenvalue weighted by molar-refractivity contribution is 0.102. The molecule has 0 aliphatic rings. The molecule has 0 bridgehead atoms. The van der Waals surface area contributed by atoms with Crippen LogP contribution in [0.5, 0.6) is 0 Å². The molecule has 32 heavy (non-hydrogen) atoms. The molecule has 0 spiro atoms. The third-order valence-corrected chi connectivity index (χ3v) is 6.75. The van der Waals surface area contributed by atoms with Crippen LogP contribution in [-0.4, -0.2) is 23.5 Å². The molecule has 0 aliphatic heterocycles. The first-order valence-corrected chi connectivity index (χ1v) is 11.4. The zero-order chi connectivity index (χ0) is 23.0. The van der Waals surface area contributed by atoms with Gasteiger partial charge in [-0.1, -0.05) is 29.8 Å². The Hall–Kier alpha value is -3.56. The van der Waals surface area contributed by atoms with E-state index in [4.69, 9.17) is 11.6 Å². The topological polar surface area (TPSA) is 102 Å². The number of fused-ring (bicyclic) bond motifs is 1. The second-order valence-electron chi connectivity index (χ2n) is 7.17. The standard InChI is InChI=1S/C22H19ClN4O4S/c1-26-19-11-9-15(13-20(19)27(2)22(26)29)24-21(28)14-8-10-18(17(23)12-14)25-32(30,31)16-6-4-3-5-7-16/h3-13,25H,1-2H3,(H,24,28). The Labute approximate surface area is 189 Å². The summed E-state index contributed by atoms with van der Waals surface area (Å²) < 4.78 is 30.4. The highest BCUT2D eigenvalue weighted by Crippen LogP contribution is 2.26. The van der Waals surface area contributed by atoms with E-state index in [-0.39, 0.29) is 26.9 Å². The van der Waals surface area contributed by atoms with E-state index in [1.165, 1.54) is 39.5 Å². The molecule has 1 aromatic heterocycles. The monoisotopic (exact) mass is 470 g/mol. The van der Waals surface area contributed by atoms with Gasteiger partial charge in [-0.05, 0) is 48.5 Å². The lowest BCUT2D eigenvalue weighted by atomic mass is 10.2. The Balaban J connectivity index is 1.55. The molecule has 4 rings (SSSR count). The summed E-state index contributed by atoms with van der Waals surface area (Å²) in [4.78, 5) is 24.9. The van der Waals surface area contributed by atoms with Gasteiger partial charge >= 0.3 is 5.69 Å². The predicted molar refractivity (Wildman–Crippen MR) is 125 cm³/mol. The second kappa shape index (κ2) is 8.18. The number of anilines is 2. The van der Waals surface area contributed by atoms with Crippen LogP contribution in [0.2, 0.25) is 5.02 Å². The molecule has 8 nitrogen and oxygen atoms in total. The van der Waals surface area contributed by atoms with Gasteiger partial charge in [0.2, 0.25) is 0 Å². The van der Waals surface area contributed by atoms with Crippen LogP contribution in [0.15, 0.2) is 76.4 Å². The van der Waals surface area contributed by atoms with Gasteiger partial charge in [-0.3, -0.25) is 18.7 Å². The van der Waals surface area contributed by atoms with Crippen molar-refractivity contribution in [3.05, 3.63) is 87.8 Å². The summed E-state index contributed by atoms with van der Waals surface area (Å²) in [7, 11) is -0.472. The zero-order valence-electron chi connectivity index (χ0n) is 17.2. The maximum atomic E-state index is 12.7. The Morgan fingerprint density at radius 1 is 0.906 bits per heavy atom. The molecule has 4 aromatic rings. The minimum atomic E-state index is -3.81. The molecule has 0 atom stereocenters. The number of hydrogen-bond donors (Lipinski definition) is 2. The summed E-state index contributed by atoms with van der Waals surface area (Å²) in [5.74, 6) is -0.426. The van der Waals surface area contributed by atoms with Crippen LogP contribution in [0.1, 0.15) is 10.4 Å². The van der Waals surface area contributed by atoms with Gasteiger partial charge in [-0.15, -0.1) is 0 Å². The molecule has 10 heteroatoms. The number of nitrogens with one attached hydrogen (secondary N) is 2.